The Bertz CT molecular complexity index is 1060. The number of nitrogens with one attached hydrogen (secondary N) is 2. The van der Waals surface area contributed by atoms with Crippen LogP contribution in [0.4, 0.5) is 4.79 Å². The molecule has 154 valence electrons. The first-order chi connectivity index (χ1) is 14.7. The van der Waals surface area contributed by atoms with Crippen LogP contribution in [0.1, 0.15) is 18.5 Å². The van der Waals surface area contributed by atoms with Gasteiger partial charge in [0, 0.05) is 11.4 Å². The molecule has 1 unspecified atom stereocenters. The van der Waals surface area contributed by atoms with Crippen LogP contribution in [-0.4, -0.2) is 34.6 Å². The summed E-state index contributed by atoms with van der Waals surface area (Å²) in [5.41, 5.74) is 1.53. The number of hydrogen-bond acceptors (Lipinski definition) is 8. The van der Waals surface area contributed by atoms with Gasteiger partial charge in [0.25, 0.3) is 11.1 Å². The monoisotopic (exact) mass is 426 g/mol. The van der Waals surface area contributed by atoms with E-state index in [1.165, 1.54) is 18.0 Å². The van der Waals surface area contributed by atoms with E-state index in [1.54, 1.807) is 19.1 Å². The van der Waals surface area contributed by atoms with Crippen LogP contribution in [0.3, 0.4) is 0 Å². The number of benzene rings is 1. The van der Waals surface area contributed by atoms with Gasteiger partial charge in [-0.1, -0.05) is 42.1 Å². The predicted molar refractivity (Wildman–Crippen MR) is 107 cm³/mol. The highest BCUT2D eigenvalue weighted by Gasteiger charge is 2.33. The number of urea groups is 1. The summed E-state index contributed by atoms with van der Waals surface area (Å²) in [4.78, 5) is 25.0. The van der Waals surface area contributed by atoms with Crippen molar-refractivity contribution in [3.8, 4) is 11.7 Å². The topological polar surface area (TPSA) is 119 Å². The number of aromatic nitrogens is 2. The summed E-state index contributed by atoms with van der Waals surface area (Å²) >= 11 is 1.19. The number of esters is 1. The molecule has 10 heteroatoms. The molecule has 3 aromatic rings. The lowest BCUT2D eigenvalue weighted by molar-refractivity contribution is -0.139. The fourth-order valence-corrected chi connectivity index (χ4v) is 3.71. The second kappa shape index (κ2) is 8.87. The maximum absolute atomic E-state index is 12.7. The van der Waals surface area contributed by atoms with Crippen molar-refractivity contribution in [1.82, 2.24) is 20.8 Å². The van der Waals surface area contributed by atoms with Gasteiger partial charge in [0.2, 0.25) is 0 Å². The van der Waals surface area contributed by atoms with Crippen LogP contribution in [0.2, 0.25) is 0 Å². The van der Waals surface area contributed by atoms with E-state index in [1.807, 2.05) is 30.3 Å². The minimum Gasteiger partial charge on any atom is -0.463 e. The Balaban J connectivity index is 1.61. The van der Waals surface area contributed by atoms with E-state index >= 15 is 0 Å². The molecule has 1 aliphatic heterocycles. The molecule has 0 radical (unpaired) electrons. The predicted octanol–water partition coefficient (Wildman–Crippen LogP) is 3.29. The molecular weight excluding hydrogens is 408 g/mol. The second-order valence-corrected chi connectivity index (χ2v) is 7.12. The number of thioether (sulfide) groups is 1. The summed E-state index contributed by atoms with van der Waals surface area (Å²) in [7, 11) is 0. The van der Waals surface area contributed by atoms with Crippen LogP contribution < -0.4 is 10.6 Å². The number of carbonyl (C=O) groups is 2. The van der Waals surface area contributed by atoms with Gasteiger partial charge < -0.3 is 24.2 Å². The molecule has 1 aliphatic rings. The zero-order valence-electron chi connectivity index (χ0n) is 16.0. The van der Waals surface area contributed by atoms with Gasteiger partial charge in [-0.3, -0.25) is 0 Å². The fourth-order valence-electron chi connectivity index (χ4n) is 2.98. The molecule has 0 bridgehead atoms. The van der Waals surface area contributed by atoms with Crippen LogP contribution >= 0.6 is 11.8 Å². The van der Waals surface area contributed by atoms with E-state index in [0.717, 1.165) is 5.56 Å². The Labute approximate surface area is 175 Å². The molecule has 2 N–H and O–H groups in total. The van der Waals surface area contributed by atoms with Crippen LogP contribution in [0.5, 0.6) is 0 Å². The van der Waals surface area contributed by atoms with Crippen molar-refractivity contribution in [2.75, 3.05) is 12.4 Å². The van der Waals surface area contributed by atoms with Gasteiger partial charge in [-0.2, -0.15) is 0 Å². The molecule has 3 heterocycles. The summed E-state index contributed by atoms with van der Waals surface area (Å²) in [6.45, 7) is 1.95. The smallest absolute Gasteiger partial charge is 0.338 e. The van der Waals surface area contributed by atoms with Gasteiger partial charge in [0.15, 0.2) is 5.76 Å². The Hall–Kier alpha value is -3.53. The average Bonchev–Trinajstić information content (AvgIpc) is 3.44. The maximum atomic E-state index is 12.7. The molecule has 30 heavy (non-hydrogen) atoms. The Morgan fingerprint density at radius 1 is 1.20 bits per heavy atom. The molecule has 2 aromatic heterocycles. The lowest BCUT2D eigenvalue weighted by Crippen LogP contribution is -2.46. The fraction of sp³-hybridized carbons (Fsp3) is 0.200. The summed E-state index contributed by atoms with van der Waals surface area (Å²) in [6, 6.07) is 11.6. The van der Waals surface area contributed by atoms with Crippen molar-refractivity contribution in [2.45, 2.75) is 18.2 Å². The van der Waals surface area contributed by atoms with Crippen molar-refractivity contribution in [2.24, 2.45) is 0 Å². The largest absolute Gasteiger partial charge is 0.463 e. The van der Waals surface area contributed by atoms with Gasteiger partial charge in [-0.15, -0.1) is 10.2 Å². The number of rotatable bonds is 7. The molecule has 0 saturated carbocycles. The number of furan rings is 1. The van der Waals surface area contributed by atoms with E-state index < -0.39 is 18.0 Å². The van der Waals surface area contributed by atoms with Crippen LogP contribution in [-0.2, 0) is 9.53 Å². The van der Waals surface area contributed by atoms with E-state index in [-0.39, 0.29) is 23.5 Å². The highest BCUT2D eigenvalue weighted by Crippen LogP contribution is 2.31. The standard InChI is InChI=1S/C20H18N4O5S/c1-2-27-18(25)15-13(21-19(26)22-16(15)12-7-4-3-5-8-12)11-30-20-24-23-17(29-20)14-9-6-10-28-14/h3-10,16H,2,11H2,1H3,(H2,21,22,26). The molecule has 0 spiro atoms. The molecule has 0 aliphatic carbocycles. The summed E-state index contributed by atoms with van der Waals surface area (Å²) in [5.74, 6) is 0.431. The average molecular weight is 426 g/mol. The lowest BCUT2D eigenvalue weighted by Gasteiger charge is -2.29. The summed E-state index contributed by atoms with van der Waals surface area (Å²) in [5, 5.41) is 13.7. The molecule has 0 fully saturated rings. The van der Waals surface area contributed by atoms with E-state index in [0.29, 0.717) is 17.0 Å². The van der Waals surface area contributed by atoms with Crippen LogP contribution in [0.25, 0.3) is 11.7 Å². The molecule has 9 nitrogen and oxygen atoms in total. The first-order valence-electron chi connectivity index (χ1n) is 9.18. The van der Waals surface area contributed by atoms with Crippen LogP contribution in [0.15, 0.2) is 74.1 Å². The minimum atomic E-state index is -0.629. The van der Waals surface area contributed by atoms with E-state index in [9.17, 15) is 9.59 Å². The summed E-state index contributed by atoms with van der Waals surface area (Å²) < 4.78 is 16.1. The van der Waals surface area contributed by atoms with Gasteiger partial charge in [0.1, 0.15) is 0 Å². The Morgan fingerprint density at radius 2 is 2.03 bits per heavy atom. The molecule has 4 rings (SSSR count). The SMILES string of the molecule is CCOC(=O)C1=C(CSc2nnc(-c3ccco3)o2)NC(=O)NC1c1ccccc1. The van der Waals surface area contributed by atoms with Gasteiger partial charge >= 0.3 is 12.0 Å². The van der Waals surface area contributed by atoms with E-state index in [4.69, 9.17) is 13.6 Å². The highest BCUT2D eigenvalue weighted by atomic mass is 32.2. The third kappa shape index (κ3) is 4.23. The molecule has 0 saturated heterocycles. The third-order valence-corrected chi connectivity index (χ3v) is 5.11. The van der Waals surface area contributed by atoms with Crippen molar-refractivity contribution in [3.05, 3.63) is 65.6 Å². The maximum Gasteiger partial charge on any atom is 0.338 e. The summed E-state index contributed by atoms with van der Waals surface area (Å²) in [6.07, 6.45) is 1.51. The first-order valence-corrected chi connectivity index (χ1v) is 10.2. The van der Waals surface area contributed by atoms with E-state index in [2.05, 4.69) is 20.8 Å². The van der Waals surface area contributed by atoms with Crippen LogP contribution in [0, 0.1) is 0 Å². The Kier molecular flexibility index (Phi) is 5.84. The third-order valence-electron chi connectivity index (χ3n) is 4.26. The van der Waals surface area contributed by atoms with Crippen molar-refractivity contribution in [3.63, 3.8) is 0 Å². The Morgan fingerprint density at radius 3 is 2.77 bits per heavy atom. The van der Waals surface area contributed by atoms with Gasteiger partial charge in [0.05, 0.1) is 24.5 Å². The number of nitrogens with zero attached hydrogens (tertiary/aromatic N) is 2. The quantitative estimate of drug-likeness (QED) is 0.436. The zero-order valence-corrected chi connectivity index (χ0v) is 16.8. The highest BCUT2D eigenvalue weighted by molar-refractivity contribution is 7.99. The normalized spacial score (nSPS) is 16.2. The molecule has 1 atom stereocenters. The minimum absolute atomic E-state index is 0.217. The van der Waals surface area contributed by atoms with Gasteiger partial charge in [-0.05, 0) is 24.6 Å². The second-order valence-electron chi connectivity index (χ2n) is 6.19. The number of ether oxygens (including phenoxy) is 1. The van der Waals surface area contributed by atoms with Gasteiger partial charge in [-0.25, -0.2) is 9.59 Å². The first kappa shape index (κ1) is 19.8. The van der Waals surface area contributed by atoms with Crippen molar-refractivity contribution >= 4 is 23.8 Å². The molecule has 1 aromatic carbocycles. The number of hydrogen-bond donors (Lipinski definition) is 2. The lowest BCUT2D eigenvalue weighted by atomic mass is 9.95. The zero-order chi connectivity index (χ0) is 20.9. The molecular formula is C20H18N4O5S. The van der Waals surface area contributed by atoms with Crippen molar-refractivity contribution in [1.29, 1.82) is 0 Å². The number of carbonyl (C=O) groups excluding carboxylic acids is 2. The number of amides is 2. The van der Waals surface area contributed by atoms with Crippen molar-refractivity contribution < 1.29 is 23.2 Å². The molecule has 2 amide bonds.